The Morgan fingerprint density at radius 3 is 2.81 bits per heavy atom. The van der Waals surface area contributed by atoms with Crippen molar-refractivity contribution in [2.45, 2.75) is 24.7 Å². The maximum absolute atomic E-state index is 12.5. The number of guanidine groups is 1. The van der Waals surface area contributed by atoms with E-state index in [4.69, 9.17) is 4.52 Å². The van der Waals surface area contributed by atoms with Crippen LogP contribution in [-0.4, -0.2) is 90.2 Å². The molecule has 1 atom stereocenters. The van der Waals surface area contributed by atoms with Gasteiger partial charge in [0.25, 0.3) is 0 Å². The van der Waals surface area contributed by atoms with Crippen LogP contribution in [0.2, 0.25) is 0 Å². The van der Waals surface area contributed by atoms with E-state index >= 15 is 0 Å². The van der Waals surface area contributed by atoms with E-state index in [1.807, 2.05) is 6.92 Å². The molecule has 3 heterocycles. The van der Waals surface area contributed by atoms with Gasteiger partial charge in [-0.15, -0.1) is 0 Å². The molecule has 11 heteroatoms. The lowest BCUT2D eigenvalue weighted by Gasteiger charge is -2.36. The SMILES string of the molecule is CCNC(=NCC1(O)CCSC1)N1CCN(S(=O)(=O)Cc2ccon2)CC1. The normalized spacial score (nSPS) is 25.1. The van der Waals surface area contributed by atoms with Crippen molar-refractivity contribution in [1.82, 2.24) is 19.7 Å². The number of thioether (sulfide) groups is 1. The molecule has 0 radical (unpaired) electrons. The molecule has 2 fully saturated rings. The minimum absolute atomic E-state index is 0.150. The van der Waals surface area contributed by atoms with Crippen LogP contribution in [0.1, 0.15) is 19.0 Å². The molecule has 0 saturated carbocycles. The number of aromatic nitrogens is 1. The molecule has 2 aliphatic heterocycles. The topological polar surface area (TPSA) is 111 Å². The van der Waals surface area contributed by atoms with Gasteiger partial charge in [0.05, 0.1) is 17.8 Å². The van der Waals surface area contributed by atoms with Crippen LogP contribution < -0.4 is 5.32 Å². The first-order chi connectivity index (χ1) is 12.9. The van der Waals surface area contributed by atoms with Crippen LogP contribution in [0.5, 0.6) is 0 Å². The molecule has 2 N–H and O–H groups in total. The van der Waals surface area contributed by atoms with E-state index < -0.39 is 15.6 Å². The highest BCUT2D eigenvalue weighted by Gasteiger charge is 2.33. The van der Waals surface area contributed by atoms with Crippen LogP contribution in [0.15, 0.2) is 21.8 Å². The summed E-state index contributed by atoms with van der Waals surface area (Å²) in [7, 11) is -3.42. The Balaban J connectivity index is 1.58. The Labute approximate surface area is 164 Å². The second-order valence-electron chi connectivity index (χ2n) is 6.83. The van der Waals surface area contributed by atoms with E-state index in [-0.39, 0.29) is 5.75 Å². The molecule has 0 spiro atoms. The molecule has 1 aromatic rings. The number of sulfonamides is 1. The first-order valence-electron chi connectivity index (χ1n) is 9.12. The van der Waals surface area contributed by atoms with Crippen molar-refractivity contribution in [3.63, 3.8) is 0 Å². The third-order valence-electron chi connectivity index (χ3n) is 4.69. The van der Waals surface area contributed by atoms with Gasteiger partial charge in [0.15, 0.2) is 5.96 Å². The second kappa shape index (κ2) is 8.80. The van der Waals surface area contributed by atoms with Crippen LogP contribution in [0, 0.1) is 0 Å². The van der Waals surface area contributed by atoms with E-state index in [0.717, 1.165) is 24.7 Å². The van der Waals surface area contributed by atoms with Gasteiger partial charge in [0.2, 0.25) is 10.0 Å². The molecule has 0 amide bonds. The smallest absolute Gasteiger partial charge is 0.220 e. The number of hydrogen-bond donors (Lipinski definition) is 2. The van der Waals surface area contributed by atoms with Gasteiger partial charge in [-0.05, 0) is 19.1 Å². The van der Waals surface area contributed by atoms with Gasteiger partial charge in [-0.25, -0.2) is 8.42 Å². The molecule has 1 aromatic heterocycles. The molecule has 2 saturated heterocycles. The van der Waals surface area contributed by atoms with Crippen molar-refractivity contribution in [1.29, 1.82) is 0 Å². The predicted molar refractivity (Wildman–Crippen MR) is 105 cm³/mol. The maximum atomic E-state index is 12.5. The van der Waals surface area contributed by atoms with Crippen molar-refractivity contribution in [3.05, 3.63) is 18.0 Å². The molecular weight excluding hydrogens is 390 g/mol. The van der Waals surface area contributed by atoms with Crippen molar-refractivity contribution >= 4 is 27.7 Å². The number of nitrogens with one attached hydrogen (secondary N) is 1. The first kappa shape index (κ1) is 20.4. The number of piperazine rings is 1. The lowest BCUT2D eigenvalue weighted by Crippen LogP contribution is -2.54. The molecule has 0 bridgehead atoms. The Kier molecular flexibility index (Phi) is 6.66. The van der Waals surface area contributed by atoms with Gasteiger partial charge >= 0.3 is 0 Å². The third-order valence-corrected chi connectivity index (χ3v) is 7.74. The minimum atomic E-state index is -3.42. The second-order valence-corrected chi connectivity index (χ2v) is 9.90. The van der Waals surface area contributed by atoms with Crippen molar-refractivity contribution in [3.8, 4) is 0 Å². The largest absolute Gasteiger partial charge is 0.387 e. The summed E-state index contributed by atoms with van der Waals surface area (Å²) in [5.74, 6) is 2.26. The molecule has 152 valence electrons. The van der Waals surface area contributed by atoms with Crippen LogP contribution in [0.3, 0.4) is 0 Å². The Bertz CT molecular complexity index is 724. The van der Waals surface area contributed by atoms with Gasteiger partial charge in [0.1, 0.15) is 12.0 Å². The average molecular weight is 418 g/mol. The fourth-order valence-electron chi connectivity index (χ4n) is 3.14. The van der Waals surface area contributed by atoms with E-state index in [2.05, 4.69) is 20.4 Å². The lowest BCUT2D eigenvalue weighted by atomic mass is 10.0. The fraction of sp³-hybridized carbons (Fsp3) is 0.750. The van der Waals surface area contributed by atoms with Crippen LogP contribution >= 0.6 is 11.8 Å². The molecule has 27 heavy (non-hydrogen) atoms. The third kappa shape index (κ3) is 5.37. The summed E-state index contributed by atoms with van der Waals surface area (Å²) in [6.07, 6.45) is 2.13. The van der Waals surface area contributed by atoms with Crippen molar-refractivity contribution in [2.75, 3.05) is 50.8 Å². The highest BCUT2D eigenvalue weighted by Crippen LogP contribution is 2.28. The number of aliphatic hydroxyl groups is 1. The average Bonchev–Trinajstić information content (AvgIpc) is 3.31. The molecule has 2 aliphatic rings. The monoisotopic (exact) mass is 417 g/mol. The summed E-state index contributed by atoms with van der Waals surface area (Å²) < 4.78 is 31.3. The molecule has 0 aromatic carbocycles. The zero-order valence-corrected chi connectivity index (χ0v) is 17.1. The molecule has 3 rings (SSSR count). The first-order valence-corrected chi connectivity index (χ1v) is 11.9. The molecule has 0 aliphatic carbocycles. The summed E-state index contributed by atoms with van der Waals surface area (Å²) in [6.45, 7) is 4.97. The van der Waals surface area contributed by atoms with Crippen molar-refractivity contribution < 1.29 is 18.0 Å². The zero-order chi connectivity index (χ0) is 19.3. The summed E-state index contributed by atoms with van der Waals surface area (Å²) >= 11 is 1.75. The Morgan fingerprint density at radius 2 is 2.22 bits per heavy atom. The van der Waals surface area contributed by atoms with E-state index in [0.29, 0.717) is 44.2 Å². The van der Waals surface area contributed by atoms with E-state index in [1.54, 1.807) is 17.8 Å². The van der Waals surface area contributed by atoms with Crippen molar-refractivity contribution in [2.24, 2.45) is 4.99 Å². The highest BCUT2D eigenvalue weighted by molar-refractivity contribution is 7.99. The minimum Gasteiger partial charge on any atom is -0.387 e. The number of rotatable bonds is 6. The van der Waals surface area contributed by atoms with Gasteiger partial charge < -0.3 is 19.8 Å². The quantitative estimate of drug-likeness (QED) is 0.490. The van der Waals surface area contributed by atoms with Crippen LogP contribution in [0.4, 0.5) is 0 Å². The van der Waals surface area contributed by atoms with Gasteiger partial charge in [-0.3, -0.25) is 4.99 Å². The van der Waals surface area contributed by atoms with Crippen LogP contribution in [0.25, 0.3) is 0 Å². The number of nitrogens with zero attached hydrogens (tertiary/aromatic N) is 4. The lowest BCUT2D eigenvalue weighted by molar-refractivity contribution is 0.0774. The van der Waals surface area contributed by atoms with Gasteiger partial charge in [0, 0.05) is 44.5 Å². The highest BCUT2D eigenvalue weighted by atomic mass is 32.2. The fourth-order valence-corrected chi connectivity index (χ4v) is 5.85. The molecule has 9 nitrogen and oxygen atoms in total. The summed E-state index contributed by atoms with van der Waals surface area (Å²) in [5.41, 5.74) is -0.316. The Morgan fingerprint density at radius 1 is 1.44 bits per heavy atom. The number of aliphatic imine (C=N–C) groups is 1. The summed E-state index contributed by atoms with van der Waals surface area (Å²) in [4.78, 5) is 6.67. The molecular formula is C16H27N5O4S2. The van der Waals surface area contributed by atoms with Crippen LogP contribution in [-0.2, 0) is 15.8 Å². The standard InChI is InChI=1S/C16H27N5O4S2/c1-2-17-15(18-12-16(22)4-10-26-13-16)20-5-7-21(8-6-20)27(23,24)11-14-3-9-25-19-14/h3,9,22H,2,4-8,10-13H2,1H3,(H,17,18). The Hall–Kier alpha value is -1.30. The summed E-state index contributed by atoms with van der Waals surface area (Å²) in [6, 6.07) is 1.57. The van der Waals surface area contributed by atoms with Gasteiger partial charge in [-0.1, -0.05) is 5.16 Å². The van der Waals surface area contributed by atoms with Gasteiger partial charge in [-0.2, -0.15) is 16.1 Å². The zero-order valence-electron chi connectivity index (χ0n) is 15.5. The van der Waals surface area contributed by atoms with E-state index in [1.165, 1.54) is 10.6 Å². The maximum Gasteiger partial charge on any atom is 0.220 e. The van der Waals surface area contributed by atoms with E-state index in [9.17, 15) is 13.5 Å². The number of hydrogen-bond acceptors (Lipinski definition) is 7. The summed E-state index contributed by atoms with van der Waals surface area (Å²) in [5, 5.41) is 17.4. The molecule has 1 unspecified atom stereocenters. The predicted octanol–water partition coefficient (Wildman–Crippen LogP) is -0.0445.